The van der Waals surface area contributed by atoms with Crippen molar-refractivity contribution in [2.75, 3.05) is 0 Å². The molecule has 1 aromatic heterocycles. The fraction of sp³-hybridized carbons (Fsp3) is 0.214. The molecule has 1 aromatic carbocycles. The van der Waals surface area contributed by atoms with Crippen LogP contribution in [0.5, 0.6) is 0 Å². The van der Waals surface area contributed by atoms with Crippen LogP contribution >= 0.6 is 0 Å². The Labute approximate surface area is 106 Å². The molecular formula is C14H16FN3. The van der Waals surface area contributed by atoms with Gasteiger partial charge in [-0.1, -0.05) is 23.8 Å². The maximum absolute atomic E-state index is 13.2. The molecule has 3 N–H and O–H groups in total. The Bertz CT molecular complexity index is 554. The van der Waals surface area contributed by atoms with Crippen molar-refractivity contribution in [3.63, 3.8) is 0 Å². The lowest BCUT2D eigenvalue weighted by Crippen LogP contribution is -2.29. The Morgan fingerprint density at radius 2 is 2.00 bits per heavy atom. The second kappa shape index (κ2) is 5.25. The smallest absolute Gasteiger partial charge is 0.141 e. The van der Waals surface area contributed by atoms with E-state index in [0.29, 0.717) is 5.56 Å². The standard InChI is InChI=1S/C14H16FN3/c1-9-3-4-13(10(2)5-9)14(18-16)11-6-12(15)8-17-7-11/h3-8,14,18H,16H2,1-2H3. The maximum atomic E-state index is 13.2. The van der Waals surface area contributed by atoms with Crippen molar-refractivity contribution in [1.29, 1.82) is 0 Å². The van der Waals surface area contributed by atoms with E-state index >= 15 is 0 Å². The Kier molecular flexibility index (Phi) is 3.69. The van der Waals surface area contributed by atoms with Gasteiger partial charge in [0.1, 0.15) is 5.82 Å². The molecule has 1 atom stereocenters. The number of aryl methyl sites for hydroxylation is 2. The third-order valence-corrected chi connectivity index (χ3v) is 2.96. The first-order valence-corrected chi connectivity index (χ1v) is 5.75. The summed E-state index contributed by atoms with van der Waals surface area (Å²) in [5.41, 5.74) is 6.75. The molecule has 3 nitrogen and oxygen atoms in total. The summed E-state index contributed by atoms with van der Waals surface area (Å²) < 4.78 is 13.2. The SMILES string of the molecule is Cc1ccc(C(NN)c2cncc(F)c2)c(C)c1. The van der Waals surface area contributed by atoms with E-state index in [1.165, 1.54) is 17.8 Å². The molecule has 1 unspecified atom stereocenters. The summed E-state index contributed by atoms with van der Waals surface area (Å²) in [6, 6.07) is 7.27. The summed E-state index contributed by atoms with van der Waals surface area (Å²) in [6.45, 7) is 4.05. The summed E-state index contributed by atoms with van der Waals surface area (Å²) in [4.78, 5) is 3.86. The second-order valence-electron chi connectivity index (χ2n) is 4.40. The average Bonchev–Trinajstić information content (AvgIpc) is 2.33. The molecule has 4 heteroatoms. The number of nitrogens with one attached hydrogen (secondary N) is 1. The maximum Gasteiger partial charge on any atom is 0.141 e. The highest BCUT2D eigenvalue weighted by atomic mass is 19.1. The molecule has 0 fully saturated rings. The molecule has 2 aromatic rings. The van der Waals surface area contributed by atoms with E-state index in [2.05, 4.69) is 16.5 Å². The van der Waals surface area contributed by atoms with Gasteiger partial charge < -0.3 is 0 Å². The number of halogens is 1. The Morgan fingerprint density at radius 3 is 2.61 bits per heavy atom. The van der Waals surface area contributed by atoms with E-state index < -0.39 is 0 Å². The topological polar surface area (TPSA) is 50.9 Å². The number of hydrogen-bond donors (Lipinski definition) is 2. The number of hydrogen-bond acceptors (Lipinski definition) is 3. The highest BCUT2D eigenvalue weighted by Gasteiger charge is 2.15. The monoisotopic (exact) mass is 245 g/mol. The molecule has 0 radical (unpaired) electrons. The Balaban J connectivity index is 2.45. The van der Waals surface area contributed by atoms with Gasteiger partial charge in [0.2, 0.25) is 0 Å². The predicted molar refractivity (Wildman–Crippen MR) is 69.3 cm³/mol. The minimum absolute atomic E-state index is 0.256. The van der Waals surface area contributed by atoms with Gasteiger partial charge in [-0.15, -0.1) is 0 Å². The van der Waals surface area contributed by atoms with Crippen LogP contribution in [0.1, 0.15) is 28.3 Å². The first-order chi connectivity index (χ1) is 8.61. The van der Waals surface area contributed by atoms with Crippen molar-refractivity contribution in [1.82, 2.24) is 10.4 Å². The van der Waals surface area contributed by atoms with Gasteiger partial charge >= 0.3 is 0 Å². The molecule has 18 heavy (non-hydrogen) atoms. The molecular weight excluding hydrogens is 229 g/mol. The van der Waals surface area contributed by atoms with Crippen molar-refractivity contribution in [2.24, 2.45) is 5.84 Å². The van der Waals surface area contributed by atoms with Gasteiger partial charge in [0, 0.05) is 6.20 Å². The molecule has 0 aliphatic rings. The highest BCUT2D eigenvalue weighted by Crippen LogP contribution is 2.24. The molecule has 0 aliphatic carbocycles. The van der Waals surface area contributed by atoms with Gasteiger partial charge in [0.05, 0.1) is 12.2 Å². The summed E-state index contributed by atoms with van der Waals surface area (Å²) >= 11 is 0. The van der Waals surface area contributed by atoms with E-state index in [-0.39, 0.29) is 11.9 Å². The number of rotatable bonds is 3. The zero-order valence-corrected chi connectivity index (χ0v) is 10.4. The normalized spacial score (nSPS) is 12.4. The van der Waals surface area contributed by atoms with Gasteiger partial charge in [0.15, 0.2) is 0 Å². The summed E-state index contributed by atoms with van der Waals surface area (Å²) in [7, 11) is 0. The number of pyridine rings is 1. The van der Waals surface area contributed by atoms with Gasteiger partial charge in [0.25, 0.3) is 0 Å². The molecule has 0 saturated heterocycles. The van der Waals surface area contributed by atoms with Crippen molar-refractivity contribution in [3.8, 4) is 0 Å². The lowest BCUT2D eigenvalue weighted by Gasteiger charge is -2.19. The second-order valence-corrected chi connectivity index (χ2v) is 4.40. The summed E-state index contributed by atoms with van der Waals surface area (Å²) in [5, 5.41) is 0. The zero-order valence-electron chi connectivity index (χ0n) is 10.4. The Morgan fingerprint density at radius 1 is 1.22 bits per heavy atom. The van der Waals surface area contributed by atoms with E-state index in [0.717, 1.165) is 11.1 Å². The van der Waals surface area contributed by atoms with E-state index in [4.69, 9.17) is 5.84 Å². The van der Waals surface area contributed by atoms with Gasteiger partial charge in [-0.05, 0) is 36.6 Å². The lowest BCUT2D eigenvalue weighted by atomic mass is 9.95. The summed E-state index contributed by atoms with van der Waals surface area (Å²) in [6.07, 6.45) is 2.80. The number of benzene rings is 1. The van der Waals surface area contributed by atoms with E-state index in [1.54, 1.807) is 6.20 Å². The highest BCUT2D eigenvalue weighted by molar-refractivity contribution is 5.38. The molecule has 0 amide bonds. The fourth-order valence-corrected chi connectivity index (χ4v) is 2.10. The molecule has 0 saturated carbocycles. The number of hydrazine groups is 1. The average molecular weight is 245 g/mol. The predicted octanol–water partition coefficient (Wildman–Crippen LogP) is 2.39. The van der Waals surface area contributed by atoms with Crippen LogP contribution in [0.15, 0.2) is 36.7 Å². The summed E-state index contributed by atoms with van der Waals surface area (Å²) in [5.74, 6) is 5.23. The number of nitrogens with two attached hydrogens (primary N) is 1. The largest absolute Gasteiger partial charge is 0.271 e. The number of nitrogens with zero attached hydrogens (tertiary/aromatic N) is 1. The minimum Gasteiger partial charge on any atom is -0.271 e. The van der Waals surface area contributed by atoms with Gasteiger partial charge in [-0.2, -0.15) is 0 Å². The molecule has 0 aliphatic heterocycles. The van der Waals surface area contributed by atoms with E-state index in [1.807, 2.05) is 26.0 Å². The van der Waals surface area contributed by atoms with Crippen LogP contribution in [0.25, 0.3) is 0 Å². The third-order valence-electron chi connectivity index (χ3n) is 2.96. The van der Waals surface area contributed by atoms with Gasteiger partial charge in [-0.25, -0.2) is 9.82 Å². The quantitative estimate of drug-likeness (QED) is 0.645. The van der Waals surface area contributed by atoms with Crippen LogP contribution in [0.3, 0.4) is 0 Å². The minimum atomic E-state index is -0.363. The van der Waals surface area contributed by atoms with Crippen LogP contribution in [0.2, 0.25) is 0 Å². The molecule has 94 valence electrons. The van der Waals surface area contributed by atoms with Crippen LogP contribution in [-0.4, -0.2) is 4.98 Å². The molecule has 0 bridgehead atoms. The van der Waals surface area contributed by atoms with Crippen LogP contribution in [0, 0.1) is 19.7 Å². The van der Waals surface area contributed by atoms with Crippen LogP contribution in [-0.2, 0) is 0 Å². The zero-order chi connectivity index (χ0) is 13.1. The van der Waals surface area contributed by atoms with Crippen molar-refractivity contribution >= 4 is 0 Å². The van der Waals surface area contributed by atoms with Crippen LogP contribution < -0.4 is 11.3 Å². The first-order valence-electron chi connectivity index (χ1n) is 5.75. The molecule has 1 heterocycles. The molecule has 2 rings (SSSR count). The van der Waals surface area contributed by atoms with Crippen molar-refractivity contribution < 1.29 is 4.39 Å². The first kappa shape index (κ1) is 12.7. The Hall–Kier alpha value is -1.78. The number of aromatic nitrogens is 1. The fourth-order valence-electron chi connectivity index (χ4n) is 2.10. The molecule has 0 spiro atoms. The van der Waals surface area contributed by atoms with E-state index in [9.17, 15) is 4.39 Å². The van der Waals surface area contributed by atoms with Crippen LogP contribution in [0.4, 0.5) is 4.39 Å². The van der Waals surface area contributed by atoms with Crippen molar-refractivity contribution in [2.45, 2.75) is 19.9 Å². The third kappa shape index (κ3) is 2.55. The van der Waals surface area contributed by atoms with Gasteiger partial charge in [-0.3, -0.25) is 10.8 Å². The lowest BCUT2D eigenvalue weighted by molar-refractivity contribution is 0.596. The van der Waals surface area contributed by atoms with Crippen molar-refractivity contribution in [3.05, 3.63) is 64.7 Å².